The van der Waals surface area contributed by atoms with E-state index in [-0.39, 0.29) is 24.7 Å². The molecule has 1 N–H and O–H groups in total. The Bertz CT molecular complexity index is 1690. The van der Waals surface area contributed by atoms with Crippen LogP contribution >= 0.6 is 34.8 Å². The lowest BCUT2D eigenvalue weighted by molar-refractivity contribution is -0.145. The molecule has 4 rings (SSSR count). The van der Waals surface area contributed by atoms with Crippen molar-refractivity contribution >= 4 is 58.2 Å². The van der Waals surface area contributed by atoms with Crippen LogP contribution in [-0.2, 0) is 32.0 Å². The summed E-state index contributed by atoms with van der Waals surface area (Å²) in [6.07, 6.45) is 10.5. The molecule has 0 aliphatic carbocycles. The zero-order chi connectivity index (χ0) is 40.6. The normalized spacial score (nSPS) is 12.7. The van der Waals surface area contributed by atoms with E-state index in [9.17, 15) is 14.4 Å². The van der Waals surface area contributed by atoms with Crippen molar-refractivity contribution in [1.29, 1.82) is 0 Å². The van der Waals surface area contributed by atoms with Crippen molar-refractivity contribution in [2.75, 3.05) is 20.2 Å². The topological polar surface area (TPSA) is 75.7 Å². The number of carbonyl (C=O) groups is 3. The fraction of sp³-hybridized carbons (Fsp3) is 0.356. The van der Waals surface area contributed by atoms with E-state index in [1.165, 1.54) is 23.8 Å². The monoisotopic (exact) mass is 794 g/mol. The van der Waals surface area contributed by atoms with Gasteiger partial charge < -0.3 is 15.0 Å². The molecular weight excluding hydrogens is 739 g/mol. The molecule has 1 heterocycles. The maximum absolute atomic E-state index is 12.8. The molecule has 0 fully saturated rings. The number of aryl methyl sites for hydroxylation is 1. The molecule has 3 aromatic carbocycles. The predicted octanol–water partition coefficient (Wildman–Crippen LogP) is 11.5. The summed E-state index contributed by atoms with van der Waals surface area (Å²) in [7, 11) is 1.29. The zero-order valence-electron chi connectivity index (χ0n) is 32.9. The standard InChI is InChI=1S/C33H36Cl2N2O4.C8H9Cl.2C2H6/c1-4-8-23(5-2)14-17-32(39)37-19-7-9-25(18-20-37)26-15-12-24(13-16-26)21-30(33(40)41-3)36-31(38)22-27-28(34)10-6-11-29(27)35;1-6-4-3-5-8(9)7(6)2;2*1-2/h4-6,8,10-13,15-16,18,30H,1-2,7,9,14,17,19-22H2,3H3,(H,36,38);3-5H,1-2H3;2*1-2H3/b23-8+;;;. The largest absolute Gasteiger partial charge is 0.467 e. The van der Waals surface area contributed by atoms with Gasteiger partial charge in [-0.05, 0) is 90.3 Å². The van der Waals surface area contributed by atoms with Crippen LogP contribution in [-0.4, -0.2) is 48.9 Å². The second kappa shape index (κ2) is 26.6. The Morgan fingerprint density at radius 2 is 1.50 bits per heavy atom. The Balaban J connectivity index is 0.000000957. The van der Waals surface area contributed by atoms with Crippen LogP contribution in [0.2, 0.25) is 15.1 Å². The van der Waals surface area contributed by atoms with Crippen molar-refractivity contribution in [3.8, 4) is 0 Å². The molecule has 0 saturated heterocycles. The highest BCUT2D eigenvalue weighted by Gasteiger charge is 2.23. The molecule has 6 nitrogen and oxygen atoms in total. The van der Waals surface area contributed by atoms with Gasteiger partial charge in [0.2, 0.25) is 11.8 Å². The highest BCUT2D eigenvalue weighted by atomic mass is 35.5. The third-order valence-electron chi connectivity index (χ3n) is 8.53. The Morgan fingerprint density at radius 1 is 0.889 bits per heavy atom. The fourth-order valence-electron chi connectivity index (χ4n) is 5.43. The first-order valence-electron chi connectivity index (χ1n) is 18.5. The molecule has 292 valence electrons. The number of hydrogen-bond donors (Lipinski definition) is 1. The average Bonchev–Trinajstić information content (AvgIpc) is 3.45. The first-order chi connectivity index (χ1) is 26.0. The number of carbonyl (C=O) groups excluding carboxylic acids is 3. The molecule has 0 bridgehead atoms. The quantitative estimate of drug-likeness (QED) is 0.146. The zero-order valence-corrected chi connectivity index (χ0v) is 35.2. The van der Waals surface area contributed by atoms with Gasteiger partial charge in [-0.25, -0.2) is 4.79 Å². The molecule has 9 heteroatoms. The summed E-state index contributed by atoms with van der Waals surface area (Å²) in [4.78, 5) is 39.9. The summed E-state index contributed by atoms with van der Waals surface area (Å²) in [5.74, 6) is -0.793. The van der Waals surface area contributed by atoms with E-state index in [1.807, 2.05) is 82.0 Å². The van der Waals surface area contributed by atoms with Gasteiger partial charge >= 0.3 is 5.97 Å². The lowest BCUT2D eigenvalue weighted by Crippen LogP contribution is -2.43. The van der Waals surface area contributed by atoms with Crippen LogP contribution in [0.15, 0.2) is 104 Å². The maximum atomic E-state index is 12.8. The number of nitrogens with one attached hydrogen (secondary N) is 1. The van der Waals surface area contributed by atoms with Crippen LogP contribution in [0.5, 0.6) is 0 Å². The van der Waals surface area contributed by atoms with Crippen LogP contribution in [0.3, 0.4) is 0 Å². The molecule has 0 aromatic heterocycles. The van der Waals surface area contributed by atoms with Crippen LogP contribution in [0.4, 0.5) is 0 Å². The van der Waals surface area contributed by atoms with Crippen LogP contribution < -0.4 is 5.32 Å². The van der Waals surface area contributed by atoms with Crippen molar-refractivity contribution < 1.29 is 19.1 Å². The summed E-state index contributed by atoms with van der Waals surface area (Å²) in [5.41, 5.74) is 7.05. The Morgan fingerprint density at radius 3 is 2.06 bits per heavy atom. The van der Waals surface area contributed by atoms with E-state index < -0.39 is 12.0 Å². The number of nitrogens with zero attached hydrogens (tertiary/aromatic N) is 1. The van der Waals surface area contributed by atoms with Gasteiger partial charge in [-0.3, -0.25) is 9.59 Å². The number of benzene rings is 3. The second-order valence-corrected chi connectivity index (χ2v) is 13.2. The summed E-state index contributed by atoms with van der Waals surface area (Å²) in [5, 5.41) is 4.39. The Hall–Kier alpha value is -4.10. The van der Waals surface area contributed by atoms with Gasteiger partial charge in [0.25, 0.3) is 0 Å². The average molecular weight is 796 g/mol. The molecule has 1 atom stereocenters. The summed E-state index contributed by atoms with van der Waals surface area (Å²) < 4.78 is 4.93. The second-order valence-electron chi connectivity index (χ2n) is 12.0. The Labute approximate surface area is 338 Å². The molecule has 3 aromatic rings. The van der Waals surface area contributed by atoms with E-state index >= 15 is 0 Å². The number of allylic oxidation sites excluding steroid dienone is 5. The minimum Gasteiger partial charge on any atom is -0.467 e. The van der Waals surface area contributed by atoms with Gasteiger partial charge in [-0.15, -0.1) is 0 Å². The maximum Gasteiger partial charge on any atom is 0.328 e. The minimum atomic E-state index is -0.862. The summed E-state index contributed by atoms with van der Waals surface area (Å²) in [6.45, 7) is 20.9. The predicted molar refractivity (Wildman–Crippen MR) is 229 cm³/mol. The highest BCUT2D eigenvalue weighted by Crippen LogP contribution is 2.26. The van der Waals surface area contributed by atoms with Crippen molar-refractivity contribution in [2.45, 2.75) is 86.1 Å². The van der Waals surface area contributed by atoms with Crippen LogP contribution in [0.1, 0.15) is 81.2 Å². The molecule has 1 unspecified atom stereocenters. The van der Waals surface area contributed by atoms with Crippen molar-refractivity contribution in [3.05, 3.63) is 147 Å². The minimum absolute atomic E-state index is 0.0560. The first kappa shape index (κ1) is 47.9. The third-order valence-corrected chi connectivity index (χ3v) is 9.65. The van der Waals surface area contributed by atoms with Crippen LogP contribution in [0.25, 0.3) is 5.57 Å². The van der Waals surface area contributed by atoms with Gasteiger partial charge in [0.1, 0.15) is 6.04 Å². The molecule has 54 heavy (non-hydrogen) atoms. The van der Waals surface area contributed by atoms with E-state index in [1.54, 1.807) is 30.4 Å². The number of amides is 2. The van der Waals surface area contributed by atoms with E-state index in [0.717, 1.165) is 34.6 Å². The number of esters is 1. The number of ether oxygens (including phenoxy) is 1. The third kappa shape index (κ3) is 16.1. The molecular formula is C45H57Cl3N2O4. The fourth-order valence-corrected chi connectivity index (χ4v) is 6.18. The van der Waals surface area contributed by atoms with Gasteiger partial charge in [0, 0.05) is 41.0 Å². The lowest BCUT2D eigenvalue weighted by atomic mass is 9.98. The van der Waals surface area contributed by atoms with Gasteiger partial charge in [-0.1, -0.05) is 142 Å². The van der Waals surface area contributed by atoms with E-state index in [0.29, 0.717) is 41.5 Å². The van der Waals surface area contributed by atoms with Gasteiger partial charge in [0.15, 0.2) is 0 Å². The van der Waals surface area contributed by atoms with Gasteiger partial charge in [-0.2, -0.15) is 0 Å². The van der Waals surface area contributed by atoms with Crippen molar-refractivity contribution in [1.82, 2.24) is 10.2 Å². The molecule has 1 aliphatic heterocycles. The SMILES string of the molecule is C=C/C=C(\C=C)CCC(=O)N1CC=C(c2ccc(CC(NC(=O)Cc3c(Cl)cccc3Cl)C(=O)OC)cc2)CCC1.CC.CC.Cc1cccc(Cl)c1C. The number of methoxy groups -OCH3 is 1. The molecule has 1 aliphatic rings. The smallest absolute Gasteiger partial charge is 0.328 e. The van der Waals surface area contributed by atoms with Crippen LogP contribution in [0, 0.1) is 13.8 Å². The summed E-state index contributed by atoms with van der Waals surface area (Å²) in [6, 6.07) is 18.0. The highest BCUT2D eigenvalue weighted by molar-refractivity contribution is 6.36. The Kier molecular flexibility index (Phi) is 23.6. The number of hydrogen-bond acceptors (Lipinski definition) is 4. The summed E-state index contributed by atoms with van der Waals surface area (Å²) >= 11 is 18.2. The number of rotatable bonds is 12. The van der Waals surface area contributed by atoms with Gasteiger partial charge in [0.05, 0.1) is 13.5 Å². The molecule has 2 amide bonds. The molecule has 0 spiro atoms. The van der Waals surface area contributed by atoms with E-state index in [4.69, 9.17) is 39.5 Å². The molecule has 0 radical (unpaired) electrons. The van der Waals surface area contributed by atoms with Crippen molar-refractivity contribution in [2.24, 2.45) is 0 Å². The van der Waals surface area contributed by atoms with E-state index in [2.05, 4.69) is 37.5 Å². The lowest BCUT2D eigenvalue weighted by Gasteiger charge is -2.19. The van der Waals surface area contributed by atoms with Crippen molar-refractivity contribution in [3.63, 3.8) is 0 Å². The molecule has 0 saturated carbocycles. The first-order valence-corrected chi connectivity index (χ1v) is 19.6. The number of halogens is 3.